The van der Waals surface area contributed by atoms with Crippen LogP contribution in [0.4, 0.5) is 0 Å². The molecular weight excluding hydrogens is 268 g/mol. The summed E-state index contributed by atoms with van der Waals surface area (Å²) in [5.74, 6) is -0.398. The van der Waals surface area contributed by atoms with Gasteiger partial charge in [0.05, 0.1) is 0 Å². The normalized spacial score (nSPS) is 9.33. The average molecular weight is 278 g/mol. The Balaban J connectivity index is 0.00000196. The van der Waals surface area contributed by atoms with Crippen molar-refractivity contribution in [3.63, 3.8) is 0 Å². The number of hydrogen-bond donors (Lipinski definition) is 1. The van der Waals surface area contributed by atoms with Crippen LogP contribution in [0, 0.1) is 0 Å². The average Bonchev–Trinajstić information content (AvgIpc) is 2.17. The van der Waals surface area contributed by atoms with Crippen molar-refractivity contribution in [3.8, 4) is 5.75 Å². The van der Waals surface area contributed by atoms with Crippen molar-refractivity contribution in [1.82, 2.24) is 0 Å². The van der Waals surface area contributed by atoms with Crippen molar-refractivity contribution >= 4 is 14.7 Å². The standard InChI is InChI=1S/C9H9O4P.Zn/c10-9(11)6-5-7-3-1-2-4-8(7)13-14-12;/h1-4H,5-6H2,(H,10,11);. The first-order chi connectivity index (χ1) is 6.74. The van der Waals surface area contributed by atoms with Gasteiger partial charge < -0.3 is 9.63 Å². The van der Waals surface area contributed by atoms with Gasteiger partial charge in [0.15, 0.2) is 0 Å². The molecule has 0 heterocycles. The van der Waals surface area contributed by atoms with Crippen LogP contribution < -0.4 is 4.52 Å². The van der Waals surface area contributed by atoms with Gasteiger partial charge in [-0.1, -0.05) is 18.2 Å². The van der Waals surface area contributed by atoms with Crippen LogP contribution in [-0.4, -0.2) is 11.1 Å². The third-order valence-electron chi connectivity index (χ3n) is 1.72. The van der Waals surface area contributed by atoms with Gasteiger partial charge in [-0.25, -0.2) is 4.57 Å². The van der Waals surface area contributed by atoms with Gasteiger partial charge in [-0.05, 0) is 18.1 Å². The van der Waals surface area contributed by atoms with E-state index in [2.05, 4.69) is 0 Å². The molecule has 0 aliphatic heterocycles. The van der Waals surface area contributed by atoms with E-state index in [0.717, 1.165) is 5.56 Å². The Labute approximate surface area is 102 Å². The van der Waals surface area contributed by atoms with E-state index in [9.17, 15) is 9.36 Å². The fourth-order valence-electron chi connectivity index (χ4n) is 1.08. The third kappa shape index (κ3) is 5.01. The van der Waals surface area contributed by atoms with Gasteiger partial charge in [-0.15, -0.1) is 0 Å². The summed E-state index contributed by atoms with van der Waals surface area (Å²) < 4.78 is 15.0. The number of hydrogen-bond acceptors (Lipinski definition) is 3. The van der Waals surface area contributed by atoms with E-state index >= 15 is 0 Å². The minimum Gasteiger partial charge on any atom is -0.481 e. The van der Waals surface area contributed by atoms with Crippen LogP contribution in [0.25, 0.3) is 0 Å². The molecule has 0 spiro atoms. The Kier molecular flexibility index (Phi) is 7.10. The largest absolute Gasteiger partial charge is 0.481 e. The maximum atomic E-state index is 10.3. The molecule has 0 aromatic heterocycles. The molecule has 6 heteroatoms. The monoisotopic (exact) mass is 276 g/mol. The second kappa shape index (κ2) is 7.50. The number of aliphatic carboxylic acids is 1. The summed E-state index contributed by atoms with van der Waals surface area (Å²) in [7, 11) is -0.431. The first-order valence-corrected chi connectivity index (χ1v) is 4.76. The SMILES string of the molecule is O=POc1ccccc1CCC(=O)O.[Zn]. The fraction of sp³-hybridized carbons (Fsp3) is 0.222. The van der Waals surface area contributed by atoms with E-state index in [1.165, 1.54) is 0 Å². The third-order valence-corrected chi connectivity index (χ3v) is 1.99. The van der Waals surface area contributed by atoms with Gasteiger partial charge in [0, 0.05) is 25.9 Å². The van der Waals surface area contributed by atoms with Crippen LogP contribution in [0.5, 0.6) is 5.75 Å². The molecule has 4 nitrogen and oxygen atoms in total. The molecular formula is C9H9O4PZn. The first kappa shape index (κ1) is 14.2. The number of para-hydroxylation sites is 1. The minimum absolute atomic E-state index is 0. The van der Waals surface area contributed by atoms with E-state index in [1.54, 1.807) is 24.3 Å². The van der Waals surface area contributed by atoms with Gasteiger partial charge in [0.2, 0.25) is 0 Å². The first-order valence-electron chi connectivity index (χ1n) is 4.03. The van der Waals surface area contributed by atoms with Crippen LogP contribution in [0.3, 0.4) is 0 Å². The molecule has 1 aromatic carbocycles. The van der Waals surface area contributed by atoms with Crippen LogP contribution in [0.2, 0.25) is 0 Å². The molecule has 0 atom stereocenters. The molecule has 15 heavy (non-hydrogen) atoms. The summed E-state index contributed by atoms with van der Waals surface area (Å²) in [6.07, 6.45) is 0.414. The maximum absolute atomic E-state index is 10.3. The van der Waals surface area contributed by atoms with Crippen molar-refractivity contribution in [1.29, 1.82) is 0 Å². The Bertz CT molecular complexity index is 343. The van der Waals surface area contributed by atoms with Crippen molar-refractivity contribution < 1.29 is 38.5 Å². The Morgan fingerprint density at radius 2 is 2.07 bits per heavy atom. The van der Waals surface area contributed by atoms with Crippen molar-refractivity contribution in [2.24, 2.45) is 0 Å². The van der Waals surface area contributed by atoms with E-state index in [4.69, 9.17) is 9.63 Å². The molecule has 0 aliphatic rings. The van der Waals surface area contributed by atoms with Crippen LogP contribution in [0.1, 0.15) is 12.0 Å². The Morgan fingerprint density at radius 3 is 2.67 bits per heavy atom. The van der Waals surface area contributed by atoms with Gasteiger partial charge in [0.25, 0.3) is 0 Å². The van der Waals surface area contributed by atoms with Gasteiger partial charge in [0.1, 0.15) is 5.75 Å². The molecule has 0 fully saturated rings. The molecule has 0 amide bonds. The fourth-order valence-corrected chi connectivity index (χ4v) is 1.34. The van der Waals surface area contributed by atoms with Crippen molar-refractivity contribution in [2.75, 3.05) is 0 Å². The van der Waals surface area contributed by atoms with Gasteiger partial charge in [-0.2, -0.15) is 0 Å². The zero-order valence-corrected chi connectivity index (χ0v) is 11.9. The molecule has 0 saturated heterocycles. The summed E-state index contributed by atoms with van der Waals surface area (Å²) in [6, 6.07) is 6.93. The predicted molar refractivity (Wildman–Crippen MR) is 50.6 cm³/mol. The number of benzene rings is 1. The van der Waals surface area contributed by atoms with Crippen molar-refractivity contribution in [3.05, 3.63) is 29.8 Å². The van der Waals surface area contributed by atoms with Gasteiger partial charge in [-0.3, -0.25) is 4.79 Å². The molecule has 76 valence electrons. The molecule has 0 bridgehead atoms. The topological polar surface area (TPSA) is 63.6 Å². The maximum Gasteiger partial charge on any atom is 0.395 e. The molecule has 0 aliphatic carbocycles. The molecule has 0 radical (unpaired) electrons. The summed E-state index contributed by atoms with van der Waals surface area (Å²) in [5.41, 5.74) is 0.748. The number of rotatable bonds is 5. The molecule has 1 rings (SSSR count). The van der Waals surface area contributed by atoms with E-state index in [0.29, 0.717) is 12.2 Å². The quantitative estimate of drug-likeness (QED) is 0.662. The molecule has 1 N–H and O–H groups in total. The predicted octanol–water partition coefficient (Wildman–Crippen LogP) is 2.29. The minimum atomic E-state index is -0.862. The zero-order valence-electron chi connectivity index (χ0n) is 8.05. The number of carbonyl (C=O) groups is 1. The second-order valence-corrected chi connectivity index (χ2v) is 3.00. The summed E-state index contributed by atoms with van der Waals surface area (Å²) in [6.45, 7) is 0. The van der Waals surface area contributed by atoms with Crippen molar-refractivity contribution in [2.45, 2.75) is 12.8 Å². The van der Waals surface area contributed by atoms with Gasteiger partial charge >= 0.3 is 14.7 Å². The second-order valence-electron chi connectivity index (χ2n) is 2.67. The number of aryl methyl sites for hydroxylation is 1. The Morgan fingerprint density at radius 1 is 1.40 bits per heavy atom. The summed E-state index contributed by atoms with van der Waals surface area (Å²) >= 11 is 0. The van der Waals surface area contributed by atoms with E-state index in [1.807, 2.05) is 0 Å². The summed E-state index contributed by atoms with van der Waals surface area (Å²) in [4.78, 5) is 10.3. The number of carboxylic acids is 1. The van der Waals surface area contributed by atoms with Crippen LogP contribution >= 0.6 is 8.69 Å². The molecule has 1 aromatic rings. The molecule has 0 saturated carbocycles. The number of carboxylic acid groups (broad SMARTS) is 1. The Hall–Kier alpha value is -0.787. The van der Waals surface area contributed by atoms with E-state index in [-0.39, 0.29) is 25.9 Å². The molecule has 0 unspecified atom stereocenters. The van der Waals surface area contributed by atoms with Crippen LogP contribution in [0.15, 0.2) is 24.3 Å². The van der Waals surface area contributed by atoms with Crippen LogP contribution in [-0.2, 0) is 35.3 Å². The zero-order chi connectivity index (χ0) is 10.4. The van der Waals surface area contributed by atoms with E-state index < -0.39 is 14.7 Å². The smallest absolute Gasteiger partial charge is 0.395 e. The summed E-state index contributed by atoms with van der Waals surface area (Å²) in [5, 5.41) is 8.49.